The molecular formula is C19H22N4O3S. The number of H-pyrrole nitrogens is 1. The van der Waals surface area contributed by atoms with Crippen LogP contribution in [0.3, 0.4) is 0 Å². The van der Waals surface area contributed by atoms with E-state index in [0.717, 1.165) is 31.7 Å². The quantitative estimate of drug-likeness (QED) is 0.704. The summed E-state index contributed by atoms with van der Waals surface area (Å²) in [7, 11) is 0. The Labute approximate surface area is 160 Å². The fourth-order valence-corrected chi connectivity index (χ4v) is 4.83. The first kappa shape index (κ1) is 17.9. The van der Waals surface area contributed by atoms with Crippen molar-refractivity contribution in [2.45, 2.75) is 32.7 Å². The van der Waals surface area contributed by atoms with E-state index in [0.29, 0.717) is 33.0 Å². The van der Waals surface area contributed by atoms with E-state index in [-0.39, 0.29) is 17.5 Å². The molecule has 0 radical (unpaired) electrons. The summed E-state index contributed by atoms with van der Waals surface area (Å²) >= 11 is 1.26. The van der Waals surface area contributed by atoms with Crippen LogP contribution in [0.25, 0.3) is 10.2 Å². The molecule has 8 heteroatoms. The van der Waals surface area contributed by atoms with Gasteiger partial charge in [0, 0.05) is 6.54 Å². The number of furan rings is 1. The first-order valence-electron chi connectivity index (χ1n) is 9.10. The number of hydrogen-bond acceptors (Lipinski definition) is 6. The maximum Gasteiger partial charge on any atom is 0.261 e. The minimum Gasteiger partial charge on any atom is -0.468 e. The number of aromatic amines is 1. The van der Waals surface area contributed by atoms with Crippen LogP contribution in [0.2, 0.25) is 0 Å². The highest BCUT2D eigenvalue weighted by Gasteiger charge is 2.27. The van der Waals surface area contributed by atoms with Crippen LogP contribution < -0.4 is 10.9 Å². The number of aryl methyl sites for hydroxylation is 2. The van der Waals surface area contributed by atoms with Crippen LogP contribution in [0.15, 0.2) is 27.6 Å². The standard InChI is InChI=1S/C19H22N4O3S/c1-11-15-17(24)21-12(2)22-19(15)27-16(11)18(25)20-10-13(14-6-5-9-26-14)23-7-3-4-8-23/h5-6,9,13H,3-4,7-8,10H2,1-2H3,(H,20,25)(H,21,22,24)/t13-/m1/s1. The largest absolute Gasteiger partial charge is 0.468 e. The van der Waals surface area contributed by atoms with E-state index in [1.54, 1.807) is 20.1 Å². The fourth-order valence-electron chi connectivity index (χ4n) is 3.68. The third kappa shape index (κ3) is 3.42. The van der Waals surface area contributed by atoms with Crippen molar-refractivity contribution >= 4 is 27.5 Å². The van der Waals surface area contributed by atoms with Crippen LogP contribution in [0.4, 0.5) is 0 Å². The second-order valence-electron chi connectivity index (χ2n) is 6.87. The van der Waals surface area contributed by atoms with E-state index in [9.17, 15) is 9.59 Å². The van der Waals surface area contributed by atoms with E-state index in [2.05, 4.69) is 20.2 Å². The van der Waals surface area contributed by atoms with Crippen LogP contribution in [-0.4, -0.2) is 40.4 Å². The van der Waals surface area contributed by atoms with E-state index in [4.69, 9.17) is 4.42 Å². The van der Waals surface area contributed by atoms with Crippen LogP contribution in [0.5, 0.6) is 0 Å². The highest BCUT2D eigenvalue weighted by Crippen LogP contribution is 2.28. The van der Waals surface area contributed by atoms with Gasteiger partial charge in [-0.25, -0.2) is 4.98 Å². The Hall–Kier alpha value is -2.45. The molecule has 0 unspecified atom stereocenters. The Morgan fingerprint density at radius 1 is 1.41 bits per heavy atom. The summed E-state index contributed by atoms with van der Waals surface area (Å²) in [4.78, 5) is 35.6. The molecule has 0 bridgehead atoms. The normalized spacial score (nSPS) is 16.1. The minimum absolute atomic E-state index is 0.0184. The molecule has 4 heterocycles. The second-order valence-corrected chi connectivity index (χ2v) is 7.87. The van der Waals surface area contributed by atoms with E-state index >= 15 is 0 Å². The van der Waals surface area contributed by atoms with Crippen LogP contribution in [0.1, 0.15) is 45.7 Å². The molecule has 1 fully saturated rings. The zero-order valence-electron chi connectivity index (χ0n) is 15.4. The molecule has 0 spiro atoms. The van der Waals surface area contributed by atoms with Gasteiger partial charge in [-0.3, -0.25) is 14.5 Å². The summed E-state index contributed by atoms with van der Waals surface area (Å²) in [6, 6.07) is 3.84. The molecular weight excluding hydrogens is 364 g/mol. The molecule has 3 aromatic heterocycles. The van der Waals surface area contributed by atoms with Gasteiger partial charge in [0.25, 0.3) is 11.5 Å². The number of thiophene rings is 1. The van der Waals surface area contributed by atoms with Gasteiger partial charge in [-0.15, -0.1) is 11.3 Å². The number of carbonyl (C=O) groups excluding carboxylic acids is 1. The number of fused-ring (bicyclic) bond motifs is 1. The Morgan fingerprint density at radius 3 is 2.89 bits per heavy atom. The predicted octanol–water partition coefficient (Wildman–Crippen LogP) is 2.76. The monoisotopic (exact) mass is 386 g/mol. The van der Waals surface area contributed by atoms with Crippen molar-refractivity contribution in [2.75, 3.05) is 19.6 Å². The number of nitrogens with zero attached hydrogens (tertiary/aromatic N) is 2. The van der Waals surface area contributed by atoms with Crippen LogP contribution in [0, 0.1) is 13.8 Å². The summed E-state index contributed by atoms with van der Waals surface area (Å²) in [6.07, 6.45) is 3.99. The predicted molar refractivity (Wildman–Crippen MR) is 104 cm³/mol. The summed E-state index contributed by atoms with van der Waals surface area (Å²) < 4.78 is 5.60. The SMILES string of the molecule is Cc1nc2sc(C(=O)NC[C@H](c3ccco3)N3CCCC3)c(C)c2c(=O)[nH]1. The van der Waals surface area contributed by atoms with Crippen molar-refractivity contribution in [3.63, 3.8) is 0 Å². The molecule has 0 aliphatic carbocycles. The Balaban J connectivity index is 1.56. The Morgan fingerprint density at radius 2 is 2.19 bits per heavy atom. The molecule has 0 saturated carbocycles. The van der Waals surface area contributed by atoms with Crippen molar-refractivity contribution in [2.24, 2.45) is 0 Å². The van der Waals surface area contributed by atoms with Crippen molar-refractivity contribution in [1.82, 2.24) is 20.2 Å². The first-order valence-corrected chi connectivity index (χ1v) is 9.92. The smallest absolute Gasteiger partial charge is 0.261 e. The minimum atomic E-state index is -0.198. The van der Waals surface area contributed by atoms with E-state index in [1.165, 1.54) is 11.3 Å². The van der Waals surface area contributed by atoms with Gasteiger partial charge in [-0.05, 0) is 57.5 Å². The summed E-state index contributed by atoms with van der Waals surface area (Å²) in [5.41, 5.74) is 0.479. The molecule has 2 N–H and O–H groups in total. The van der Waals surface area contributed by atoms with E-state index < -0.39 is 0 Å². The number of nitrogens with one attached hydrogen (secondary N) is 2. The number of amides is 1. The van der Waals surface area contributed by atoms with Crippen molar-refractivity contribution in [1.29, 1.82) is 0 Å². The van der Waals surface area contributed by atoms with Gasteiger partial charge >= 0.3 is 0 Å². The fraction of sp³-hybridized carbons (Fsp3) is 0.421. The molecule has 0 aromatic carbocycles. The van der Waals surface area contributed by atoms with Crippen molar-refractivity contribution < 1.29 is 9.21 Å². The topological polar surface area (TPSA) is 91.2 Å². The maximum absolute atomic E-state index is 12.8. The molecule has 1 aliphatic rings. The highest BCUT2D eigenvalue weighted by molar-refractivity contribution is 7.20. The molecule has 27 heavy (non-hydrogen) atoms. The van der Waals surface area contributed by atoms with Gasteiger partial charge in [0.15, 0.2) is 0 Å². The number of carbonyl (C=O) groups is 1. The van der Waals surface area contributed by atoms with E-state index in [1.807, 2.05) is 12.1 Å². The van der Waals surface area contributed by atoms with Gasteiger partial charge in [0.1, 0.15) is 16.4 Å². The summed E-state index contributed by atoms with van der Waals surface area (Å²) in [6.45, 7) is 6.00. The third-order valence-electron chi connectivity index (χ3n) is 5.03. The maximum atomic E-state index is 12.8. The lowest BCUT2D eigenvalue weighted by molar-refractivity contribution is 0.0937. The zero-order valence-corrected chi connectivity index (χ0v) is 16.2. The summed E-state index contributed by atoms with van der Waals surface area (Å²) in [5.74, 6) is 1.23. The zero-order chi connectivity index (χ0) is 19.0. The molecule has 1 amide bonds. The molecule has 1 aliphatic heterocycles. The van der Waals surface area contributed by atoms with Gasteiger partial charge in [0.2, 0.25) is 0 Å². The molecule has 1 atom stereocenters. The second kappa shape index (κ2) is 7.28. The van der Waals surface area contributed by atoms with Crippen LogP contribution >= 0.6 is 11.3 Å². The van der Waals surface area contributed by atoms with Crippen molar-refractivity contribution in [3.05, 3.63) is 50.8 Å². The average molecular weight is 386 g/mol. The number of likely N-dealkylation sites (tertiary alicyclic amines) is 1. The van der Waals surface area contributed by atoms with Gasteiger partial charge in [-0.2, -0.15) is 0 Å². The number of aromatic nitrogens is 2. The lowest BCUT2D eigenvalue weighted by Crippen LogP contribution is -2.36. The number of rotatable bonds is 5. The van der Waals surface area contributed by atoms with Gasteiger partial charge in [-0.1, -0.05) is 0 Å². The number of hydrogen-bond donors (Lipinski definition) is 2. The first-order chi connectivity index (χ1) is 13.0. The molecule has 142 valence electrons. The molecule has 3 aromatic rings. The summed E-state index contributed by atoms with van der Waals surface area (Å²) in [5, 5.41) is 3.53. The highest BCUT2D eigenvalue weighted by atomic mass is 32.1. The van der Waals surface area contributed by atoms with Gasteiger partial charge < -0.3 is 14.7 Å². The molecule has 1 saturated heterocycles. The third-order valence-corrected chi connectivity index (χ3v) is 6.22. The van der Waals surface area contributed by atoms with Crippen molar-refractivity contribution in [3.8, 4) is 0 Å². The lowest BCUT2D eigenvalue weighted by Gasteiger charge is -2.25. The molecule has 7 nitrogen and oxygen atoms in total. The lowest BCUT2D eigenvalue weighted by atomic mass is 10.1. The van der Waals surface area contributed by atoms with Gasteiger partial charge in [0.05, 0.1) is 22.6 Å². The molecule has 4 rings (SSSR count). The Kier molecular flexibility index (Phi) is 4.84. The van der Waals surface area contributed by atoms with Crippen LogP contribution in [-0.2, 0) is 0 Å². The Bertz CT molecular complexity index is 1020. The average Bonchev–Trinajstić information content (AvgIpc) is 3.36.